The molecule has 0 unspecified atom stereocenters. The van der Waals surface area contributed by atoms with E-state index in [1.54, 1.807) is 37.3 Å². The lowest BCUT2D eigenvalue weighted by Gasteiger charge is -2.17. The third-order valence-electron chi connectivity index (χ3n) is 3.58. The van der Waals surface area contributed by atoms with Crippen molar-refractivity contribution in [1.82, 2.24) is 9.97 Å². The molecule has 0 spiro atoms. The summed E-state index contributed by atoms with van der Waals surface area (Å²) < 4.78 is 52.0. The smallest absolute Gasteiger partial charge is 0.363 e. The van der Waals surface area contributed by atoms with Gasteiger partial charge in [-0.3, -0.25) is 0 Å². The lowest BCUT2D eigenvalue weighted by molar-refractivity contribution is -0.144. The third kappa shape index (κ3) is 3.29. The number of para-hydroxylation sites is 1. The Bertz CT molecular complexity index is 860. The Labute approximate surface area is 135 Å². The van der Waals surface area contributed by atoms with Crippen molar-refractivity contribution in [1.29, 1.82) is 0 Å². The van der Waals surface area contributed by atoms with E-state index in [1.165, 1.54) is 18.2 Å². The molecule has 0 saturated carbocycles. The van der Waals surface area contributed by atoms with Crippen LogP contribution in [0.3, 0.4) is 0 Å². The van der Waals surface area contributed by atoms with Gasteiger partial charge in [-0.15, -0.1) is 0 Å². The molecule has 3 rings (SSSR count). The van der Waals surface area contributed by atoms with Gasteiger partial charge in [0.2, 0.25) is 5.82 Å². The number of anilines is 1. The van der Waals surface area contributed by atoms with Crippen molar-refractivity contribution < 1.29 is 17.6 Å². The highest BCUT2D eigenvalue weighted by molar-refractivity contribution is 5.89. The standard InChI is InChI=1S/C17H13F4N3/c1-10(11-6-8-12(18)9-7-11)22-15-13-4-2-3-5-14(13)23-16(24-15)17(19,20)21/h2-10H,1H3,(H,22,23,24)/t10-/m0/s1. The van der Waals surface area contributed by atoms with Gasteiger partial charge in [-0.2, -0.15) is 13.2 Å². The fourth-order valence-electron chi connectivity index (χ4n) is 2.35. The Morgan fingerprint density at radius 3 is 2.29 bits per heavy atom. The van der Waals surface area contributed by atoms with Crippen LogP contribution in [0.4, 0.5) is 23.4 Å². The fourth-order valence-corrected chi connectivity index (χ4v) is 2.35. The molecule has 2 aromatic carbocycles. The molecule has 7 heteroatoms. The molecule has 124 valence electrons. The molecule has 1 N–H and O–H groups in total. The van der Waals surface area contributed by atoms with E-state index in [0.717, 1.165) is 5.56 Å². The molecule has 1 atom stereocenters. The second kappa shape index (κ2) is 6.07. The zero-order valence-corrected chi connectivity index (χ0v) is 12.6. The lowest BCUT2D eigenvalue weighted by atomic mass is 10.1. The molecule has 0 amide bonds. The molecule has 0 aliphatic rings. The summed E-state index contributed by atoms with van der Waals surface area (Å²) in [6, 6.07) is 11.8. The fraction of sp³-hybridized carbons (Fsp3) is 0.176. The third-order valence-corrected chi connectivity index (χ3v) is 3.58. The van der Waals surface area contributed by atoms with Crippen LogP contribution < -0.4 is 5.32 Å². The van der Waals surface area contributed by atoms with Crippen LogP contribution in [0.2, 0.25) is 0 Å². The molecule has 0 aliphatic heterocycles. The average molecular weight is 335 g/mol. The SMILES string of the molecule is C[C@H](Nc1nc(C(F)(F)F)nc2ccccc12)c1ccc(F)cc1. The molecule has 0 bridgehead atoms. The molecular weight excluding hydrogens is 322 g/mol. The summed E-state index contributed by atoms with van der Waals surface area (Å²) >= 11 is 0. The van der Waals surface area contributed by atoms with E-state index in [0.29, 0.717) is 5.39 Å². The van der Waals surface area contributed by atoms with Crippen molar-refractivity contribution in [3.8, 4) is 0 Å². The van der Waals surface area contributed by atoms with Crippen LogP contribution in [-0.4, -0.2) is 9.97 Å². The van der Waals surface area contributed by atoms with Gasteiger partial charge in [0.15, 0.2) is 0 Å². The predicted octanol–water partition coefficient (Wildman–Crippen LogP) is 4.96. The van der Waals surface area contributed by atoms with Crippen LogP contribution in [0.25, 0.3) is 10.9 Å². The summed E-state index contributed by atoms with van der Waals surface area (Å²) in [4.78, 5) is 7.21. The number of nitrogens with zero attached hydrogens (tertiary/aromatic N) is 2. The van der Waals surface area contributed by atoms with Gasteiger partial charge in [0.1, 0.15) is 11.6 Å². The molecule has 0 fully saturated rings. The van der Waals surface area contributed by atoms with E-state index >= 15 is 0 Å². The molecule has 1 aromatic heterocycles. The summed E-state index contributed by atoms with van der Waals surface area (Å²) in [5.41, 5.74) is 0.932. The number of hydrogen-bond acceptors (Lipinski definition) is 3. The van der Waals surface area contributed by atoms with Gasteiger partial charge in [0.25, 0.3) is 0 Å². The Balaban J connectivity index is 2.02. The maximum atomic E-state index is 13.0. The zero-order chi connectivity index (χ0) is 17.3. The van der Waals surface area contributed by atoms with Gasteiger partial charge in [0, 0.05) is 11.4 Å². The van der Waals surface area contributed by atoms with Crippen LogP contribution in [0.1, 0.15) is 24.4 Å². The van der Waals surface area contributed by atoms with Crippen LogP contribution in [0.15, 0.2) is 48.5 Å². The van der Waals surface area contributed by atoms with E-state index in [9.17, 15) is 17.6 Å². The summed E-state index contributed by atoms with van der Waals surface area (Å²) in [6.45, 7) is 1.76. The number of aromatic nitrogens is 2. The molecule has 0 aliphatic carbocycles. The van der Waals surface area contributed by atoms with Crippen molar-refractivity contribution in [2.75, 3.05) is 5.32 Å². The average Bonchev–Trinajstić information content (AvgIpc) is 2.54. The van der Waals surface area contributed by atoms with Gasteiger partial charge in [-0.1, -0.05) is 24.3 Å². The number of benzene rings is 2. The molecule has 3 aromatic rings. The predicted molar refractivity (Wildman–Crippen MR) is 83.0 cm³/mol. The quantitative estimate of drug-likeness (QED) is 0.688. The first-order chi connectivity index (χ1) is 11.3. The minimum atomic E-state index is -4.64. The van der Waals surface area contributed by atoms with Crippen molar-refractivity contribution in [3.63, 3.8) is 0 Å². The zero-order valence-electron chi connectivity index (χ0n) is 12.6. The number of alkyl halides is 3. The summed E-state index contributed by atoms with van der Waals surface area (Å²) in [7, 11) is 0. The molecular formula is C17H13F4N3. The topological polar surface area (TPSA) is 37.8 Å². The first-order valence-electron chi connectivity index (χ1n) is 7.20. The second-order valence-corrected chi connectivity index (χ2v) is 5.33. The van der Waals surface area contributed by atoms with E-state index < -0.39 is 12.0 Å². The van der Waals surface area contributed by atoms with E-state index in [1.807, 2.05) is 0 Å². The molecule has 3 nitrogen and oxygen atoms in total. The Hall–Kier alpha value is -2.70. The number of rotatable bonds is 3. The number of fused-ring (bicyclic) bond motifs is 1. The normalized spacial score (nSPS) is 13.0. The Morgan fingerprint density at radius 2 is 1.62 bits per heavy atom. The number of nitrogens with one attached hydrogen (secondary N) is 1. The maximum Gasteiger partial charge on any atom is 0.451 e. The van der Waals surface area contributed by atoms with Crippen molar-refractivity contribution in [2.45, 2.75) is 19.1 Å². The van der Waals surface area contributed by atoms with E-state index in [4.69, 9.17) is 0 Å². The first kappa shape index (κ1) is 16.2. The number of hydrogen-bond donors (Lipinski definition) is 1. The Kier molecular flexibility index (Phi) is 4.09. The van der Waals surface area contributed by atoms with Gasteiger partial charge >= 0.3 is 6.18 Å². The van der Waals surface area contributed by atoms with E-state index in [-0.39, 0.29) is 23.2 Å². The highest BCUT2D eigenvalue weighted by Gasteiger charge is 2.35. The molecule has 0 saturated heterocycles. The minimum absolute atomic E-state index is 0.0877. The highest BCUT2D eigenvalue weighted by Crippen LogP contribution is 2.31. The van der Waals surface area contributed by atoms with Crippen molar-refractivity contribution >= 4 is 16.7 Å². The first-order valence-corrected chi connectivity index (χ1v) is 7.20. The highest BCUT2D eigenvalue weighted by atomic mass is 19.4. The molecule has 0 radical (unpaired) electrons. The van der Waals surface area contributed by atoms with Crippen LogP contribution in [-0.2, 0) is 6.18 Å². The summed E-state index contributed by atoms with van der Waals surface area (Å²) in [5, 5.41) is 3.45. The Morgan fingerprint density at radius 1 is 0.958 bits per heavy atom. The van der Waals surface area contributed by atoms with Gasteiger partial charge < -0.3 is 5.32 Å². The van der Waals surface area contributed by atoms with E-state index in [2.05, 4.69) is 15.3 Å². The summed E-state index contributed by atoms with van der Waals surface area (Å²) in [5.74, 6) is -1.49. The van der Waals surface area contributed by atoms with Gasteiger partial charge in [-0.25, -0.2) is 14.4 Å². The minimum Gasteiger partial charge on any atom is -0.363 e. The second-order valence-electron chi connectivity index (χ2n) is 5.33. The lowest BCUT2D eigenvalue weighted by Crippen LogP contribution is -2.15. The number of halogens is 4. The van der Waals surface area contributed by atoms with Crippen LogP contribution >= 0.6 is 0 Å². The maximum absolute atomic E-state index is 13.0. The van der Waals surface area contributed by atoms with Crippen LogP contribution in [0, 0.1) is 5.82 Å². The largest absolute Gasteiger partial charge is 0.451 e. The van der Waals surface area contributed by atoms with Crippen LogP contribution in [0.5, 0.6) is 0 Å². The van der Waals surface area contributed by atoms with Crippen molar-refractivity contribution in [2.24, 2.45) is 0 Å². The molecule has 1 heterocycles. The van der Waals surface area contributed by atoms with Gasteiger partial charge in [-0.05, 0) is 36.8 Å². The monoisotopic (exact) mass is 335 g/mol. The molecule has 24 heavy (non-hydrogen) atoms. The van der Waals surface area contributed by atoms with Gasteiger partial charge in [0.05, 0.1) is 5.52 Å². The summed E-state index contributed by atoms with van der Waals surface area (Å²) in [6.07, 6.45) is -4.64. The van der Waals surface area contributed by atoms with Crippen molar-refractivity contribution in [3.05, 3.63) is 65.7 Å².